The molecule has 0 saturated carbocycles. The molecule has 2 N–H and O–H groups in total. The van der Waals surface area contributed by atoms with E-state index in [4.69, 9.17) is 11.6 Å². The highest BCUT2D eigenvalue weighted by Crippen LogP contribution is 2.24. The molecule has 1 atom stereocenters. The summed E-state index contributed by atoms with van der Waals surface area (Å²) in [7, 11) is 0. The van der Waals surface area contributed by atoms with E-state index in [0.717, 1.165) is 16.8 Å². The number of para-hydroxylation sites is 1. The molecule has 2 aromatic rings. The third kappa shape index (κ3) is 3.94. The molecule has 1 aliphatic heterocycles. The van der Waals surface area contributed by atoms with Crippen molar-refractivity contribution in [2.75, 3.05) is 16.8 Å². The van der Waals surface area contributed by atoms with Gasteiger partial charge in [-0.25, -0.2) is 4.79 Å². The maximum Gasteiger partial charge on any atom is 0.319 e. The van der Waals surface area contributed by atoms with Gasteiger partial charge in [0.1, 0.15) is 6.04 Å². The molecule has 0 spiro atoms. The van der Waals surface area contributed by atoms with Crippen LogP contribution in [-0.4, -0.2) is 24.5 Å². The van der Waals surface area contributed by atoms with E-state index in [9.17, 15) is 9.59 Å². The Bertz CT molecular complexity index is 802. The van der Waals surface area contributed by atoms with Crippen LogP contribution >= 0.6 is 11.6 Å². The van der Waals surface area contributed by atoms with Crippen molar-refractivity contribution in [3.05, 3.63) is 58.6 Å². The molecular weight excluding hydrogens is 338 g/mol. The first kappa shape index (κ1) is 17.3. The van der Waals surface area contributed by atoms with E-state index >= 15 is 0 Å². The number of halogens is 1. The van der Waals surface area contributed by atoms with E-state index in [1.807, 2.05) is 26.0 Å². The Labute approximate surface area is 152 Å². The molecule has 2 aromatic carbocycles. The van der Waals surface area contributed by atoms with Gasteiger partial charge in [0.15, 0.2) is 0 Å². The van der Waals surface area contributed by atoms with Crippen LogP contribution in [-0.2, 0) is 4.79 Å². The number of carbonyl (C=O) groups excluding carboxylic acids is 2. The Balaban J connectivity index is 1.66. The van der Waals surface area contributed by atoms with Gasteiger partial charge in [0.25, 0.3) is 0 Å². The molecule has 0 bridgehead atoms. The van der Waals surface area contributed by atoms with Crippen LogP contribution in [0.5, 0.6) is 0 Å². The van der Waals surface area contributed by atoms with Gasteiger partial charge in [-0.05, 0) is 55.7 Å². The Kier molecular flexibility index (Phi) is 4.95. The van der Waals surface area contributed by atoms with Crippen molar-refractivity contribution in [1.82, 2.24) is 5.32 Å². The zero-order chi connectivity index (χ0) is 18.0. The molecule has 5 nitrogen and oxygen atoms in total. The molecule has 3 rings (SSSR count). The van der Waals surface area contributed by atoms with Gasteiger partial charge in [-0.1, -0.05) is 29.8 Å². The maximum atomic E-state index is 12.6. The van der Waals surface area contributed by atoms with Gasteiger partial charge in [0.05, 0.1) is 10.7 Å². The summed E-state index contributed by atoms with van der Waals surface area (Å²) in [6.07, 6.45) is 0.571. The van der Waals surface area contributed by atoms with Crippen LogP contribution in [0.3, 0.4) is 0 Å². The lowest BCUT2D eigenvalue weighted by Gasteiger charge is -2.18. The van der Waals surface area contributed by atoms with Crippen LogP contribution in [0.4, 0.5) is 16.2 Å². The zero-order valence-electron chi connectivity index (χ0n) is 14.2. The van der Waals surface area contributed by atoms with Crippen LogP contribution < -0.4 is 15.5 Å². The Morgan fingerprint density at radius 3 is 2.52 bits per heavy atom. The number of hydrogen-bond donors (Lipinski definition) is 2. The number of nitrogens with zero attached hydrogens (tertiary/aromatic N) is 1. The number of aryl methyl sites for hydroxylation is 2. The van der Waals surface area contributed by atoms with Crippen molar-refractivity contribution < 1.29 is 9.59 Å². The van der Waals surface area contributed by atoms with Crippen LogP contribution in [0.15, 0.2) is 42.5 Å². The number of rotatable bonds is 3. The van der Waals surface area contributed by atoms with Gasteiger partial charge in [0, 0.05) is 12.2 Å². The third-order valence-corrected chi connectivity index (χ3v) is 4.48. The maximum absolute atomic E-state index is 12.6. The van der Waals surface area contributed by atoms with E-state index in [1.165, 1.54) is 0 Å². The SMILES string of the molecule is Cc1cc(C)cc(N2CC[C@H](NC(=O)Nc3ccccc3Cl)C2=O)c1. The molecule has 3 amide bonds. The molecular formula is C19H20ClN3O2. The molecule has 0 unspecified atom stereocenters. The fourth-order valence-electron chi connectivity index (χ4n) is 3.06. The highest BCUT2D eigenvalue weighted by molar-refractivity contribution is 6.33. The lowest BCUT2D eigenvalue weighted by atomic mass is 10.1. The number of amides is 3. The van der Waals surface area contributed by atoms with Gasteiger partial charge in [-0.3, -0.25) is 4.79 Å². The second kappa shape index (κ2) is 7.15. The molecule has 130 valence electrons. The average molecular weight is 358 g/mol. The second-order valence-corrected chi connectivity index (χ2v) is 6.66. The minimum absolute atomic E-state index is 0.0979. The molecule has 25 heavy (non-hydrogen) atoms. The van der Waals surface area contributed by atoms with Crippen molar-refractivity contribution in [3.63, 3.8) is 0 Å². The summed E-state index contributed by atoms with van der Waals surface area (Å²) < 4.78 is 0. The molecule has 0 aromatic heterocycles. The number of nitrogens with one attached hydrogen (secondary N) is 2. The monoisotopic (exact) mass is 357 g/mol. The molecule has 1 heterocycles. The first-order chi connectivity index (χ1) is 11.9. The number of urea groups is 1. The fourth-order valence-corrected chi connectivity index (χ4v) is 3.24. The second-order valence-electron chi connectivity index (χ2n) is 6.26. The van der Waals surface area contributed by atoms with Crippen LogP contribution in [0.25, 0.3) is 0 Å². The molecule has 0 aliphatic carbocycles. The highest BCUT2D eigenvalue weighted by Gasteiger charge is 2.33. The molecule has 6 heteroatoms. The standard InChI is InChI=1S/C19H20ClN3O2/c1-12-9-13(2)11-14(10-12)23-8-7-17(18(23)24)22-19(25)21-16-6-4-3-5-15(16)20/h3-6,9-11,17H,7-8H2,1-2H3,(H2,21,22,25)/t17-/m0/s1. The van der Waals surface area contributed by atoms with E-state index in [1.54, 1.807) is 29.2 Å². The van der Waals surface area contributed by atoms with Gasteiger partial charge < -0.3 is 15.5 Å². The topological polar surface area (TPSA) is 61.4 Å². The summed E-state index contributed by atoms with van der Waals surface area (Å²) in [6, 6.07) is 12.0. The van der Waals surface area contributed by atoms with E-state index in [0.29, 0.717) is 23.7 Å². The van der Waals surface area contributed by atoms with Gasteiger partial charge in [-0.15, -0.1) is 0 Å². The van der Waals surface area contributed by atoms with Crippen LogP contribution in [0.1, 0.15) is 17.5 Å². The van der Waals surface area contributed by atoms with E-state index in [2.05, 4.69) is 16.7 Å². The van der Waals surface area contributed by atoms with Gasteiger partial charge in [-0.2, -0.15) is 0 Å². The molecule has 0 radical (unpaired) electrons. The van der Waals surface area contributed by atoms with Crippen LogP contribution in [0.2, 0.25) is 5.02 Å². The molecule has 1 aliphatic rings. The van der Waals surface area contributed by atoms with Crippen molar-refractivity contribution in [3.8, 4) is 0 Å². The number of benzene rings is 2. The molecule has 1 saturated heterocycles. The quantitative estimate of drug-likeness (QED) is 0.875. The number of anilines is 2. The minimum Gasteiger partial charge on any atom is -0.326 e. The summed E-state index contributed by atoms with van der Waals surface area (Å²) >= 11 is 6.03. The van der Waals surface area contributed by atoms with Crippen molar-refractivity contribution >= 4 is 34.9 Å². The van der Waals surface area contributed by atoms with Crippen molar-refractivity contribution in [2.45, 2.75) is 26.3 Å². The largest absolute Gasteiger partial charge is 0.326 e. The molecule has 1 fully saturated rings. The fraction of sp³-hybridized carbons (Fsp3) is 0.263. The van der Waals surface area contributed by atoms with E-state index in [-0.39, 0.29) is 5.91 Å². The normalized spacial score (nSPS) is 16.8. The lowest BCUT2D eigenvalue weighted by molar-refractivity contribution is -0.118. The smallest absolute Gasteiger partial charge is 0.319 e. The summed E-state index contributed by atoms with van der Waals surface area (Å²) in [5.74, 6) is -0.0979. The Hall–Kier alpha value is -2.53. The van der Waals surface area contributed by atoms with E-state index < -0.39 is 12.1 Å². The average Bonchev–Trinajstić information content (AvgIpc) is 2.89. The predicted octanol–water partition coefficient (Wildman–Crippen LogP) is 3.88. The zero-order valence-corrected chi connectivity index (χ0v) is 14.9. The number of hydrogen-bond acceptors (Lipinski definition) is 2. The first-order valence-electron chi connectivity index (χ1n) is 8.16. The number of carbonyl (C=O) groups is 2. The van der Waals surface area contributed by atoms with Crippen LogP contribution in [0, 0.1) is 13.8 Å². The Morgan fingerprint density at radius 1 is 1.16 bits per heavy atom. The first-order valence-corrected chi connectivity index (χ1v) is 8.53. The van der Waals surface area contributed by atoms with Crippen molar-refractivity contribution in [1.29, 1.82) is 0 Å². The summed E-state index contributed by atoms with van der Waals surface area (Å²) in [5.41, 5.74) is 3.60. The lowest BCUT2D eigenvalue weighted by Crippen LogP contribution is -2.43. The summed E-state index contributed by atoms with van der Waals surface area (Å²) in [6.45, 7) is 4.59. The highest BCUT2D eigenvalue weighted by atomic mass is 35.5. The third-order valence-electron chi connectivity index (χ3n) is 4.15. The minimum atomic E-state index is -0.539. The summed E-state index contributed by atoms with van der Waals surface area (Å²) in [4.78, 5) is 26.5. The van der Waals surface area contributed by atoms with Gasteiger partial charge in [0.2, 0.25) is 5.91 Å². The van der Waals surface area contributed by atoms with Crippen molar-refractivity contribution in [2.24, 2.45) is 0 Å². The Morgan fingerprint density at radius 2 is 1.84 bits per heavy atom. The predicted molar refractivity (Wildman–Crippen MR) is 100 cm³/mol. The summed E-state index contributed by atoms with van der Waals surface area (Å²) in [5, 5.41) is 5.86. The van der Waals surface area contributed by atoms with Gasteiger partial charge >= 0.3 is 6.03 Å².